The molecule has 1 aromatic carbocycles. The number of nitrogens with one attached hydrogen (secondary N) is 1. The monoisotopic (exact) mass is 301 g/mol. The zero-order valence-corrected chi connectivity index (χ0v) is 12.7. The number of hydrogen-bond donors (Lipinski definition) is 1. The highest BCUT2D eigenvalue weighted by atomic mass is 16.5. The SMILES string of the molecule is CCc1cc(=O)n(CCNC(=O)c2cccc(OC)c2)cn1. The van der Waals surface area contributed by atoms with E-state index in [0.29, 0.717) is 24.4 Å². The molecule has 0 unspecified atom stereocenters. The van der Waals surface area contributed by atoms with Crippen LogP contribution in [0.1, 0.15) is 23.0 Å². The molecular formula is C16H19N3O3. The van der Waals surface area contributed by atoms with Crippen LogP contribution in [0.3, 0.4) is 0 Å². The minimum atomic E-state index is -0.204. The number of nitrogens with zero attached hydrogens (tertiary/aromatic N) is 2. The van der Waals surface area contributed by atoms with E-state index in [9.17, 15) is 9.59 Å². The van der Waals surface area contributed by atoms with Gasteiger partial charge in [-0.3, -0.25) is 14.2 Å². The molecule has 1 aromatic heterocycles. The summed E-state index contributed by atoms with van der Waals surface area (Å²) < 4.78 is 6.56. The summed E-state index contributed by atoms with van der Waals surface area (Å²) >= 11 is 0. The van der Waals surface area contributed by atoms with Gasteiger partial charge in [-0.1, -0.05) is 13.0 Å². The Morgan fingerprint density at radius 2 is 2.18 bits per heavy atom. The van der Waals surface area contributed by atoms with Gasteiger partial charge < -0.3 is 10.1 Å². The van der Waals surface area contributed by atoms with Gasteiger partial charge in [0.2, 0.25) is 0 Å². The molecule has 0 saturated carbocycles. The van der Waals surface area contributed by atoms with Crippen molar-refractivity contribution in [1.29, 1.82) is 0 Å². The molecule has 116 valence electrons. The maximum absolute atomic E-state index is 12.0. The molecule has 2 rings (SSSR count). The van der Waals surface area contributed by atoms with Crippen molar-refractivity contribution >= 4 is 5.91 Å². The largest absolute Gasteiger partial charge is 0.497 e. The lowest BCUT2D eigenvalue weighted by atomic mass is 10.2. The van der Waals surface area contributed by atoms with Crippen LogP contribution in [0.4, 0.5) is 0 Å². The van der Waals surface area contributed by atoms with Gasteiger partial charge in [0.15, 0.2) is 0 Å². The fourth-order valence-corrected chi connectivity index (χ4v) is 1.98. The smallest absolute Gasteiger partial charge is 0.253 e. The van der Waals surface area contributed by atoms with Gasteiger partial charge in [0, 0.05) is 30.4 Å². The van der Waals surface area contributed by atoms with Gasteiger partial charge in [0.25, 0.3) is 11.5 Å². The van der Waals surface area contributed by atoms with Crippen LogP contribution in [0.5, 0.6) is 5.75 Å². The van der Waals surface area contributed by atoms with Crippen molar-refractivity contribution in [1.82, 2.24) is 14.9 Å². The van der Waals surface area contributed by atoms with Crippen LogP contribution in [0.2, 0.25) is 0 Å². The van der Waals surface area contributed by atoms with E-state index in [2.05, 4.69) is 10.3 Å². The molecule has 6 nitrogen and oxygen atoms in total. The van der Waals surface area contributed by atoms with Crippen molar-refractivity contribution in [2.75, 3.05) is 13.7 Å². The van der Waals surface area contributed by atoms with Crippen molar-refractivity contribution in [2.45, 2.75) is 19.9 Å². The number of carbonyl (C=O) groups excluding carboxylic acids is 1. The predicted octanol–water partition coefficient (Wildman–Crippen LogP) is 1.24. The van der Waals surface area contributed by atoms with Gasteiger partial charge in [-0.05, 0) is 24.6 Å². The van der Waals surface area contributed by atoms with E-state index in [-0.39, 0.29) is 11.5 Å². The number of hydrogen-bond acceptors (Lipinski definition) is 4. The van der Waals surface area contributed by atoms with Crippen molar-refractivity contribution < 1.29 is 9.53 Å². The van der Waals surface area contributed by atoms with Crippen molar-refractivity contribution in [3.8, 4) is 5.75 Å². The Balaban J connectivity index is 1.93. The van der Waals surface area contributed by atoms with Gasteiger partial charge in [0.05, 0.1) is 13.4 Å². The summed E-state index contributed by atoms with van der Waals surface area (Å²) in [5.74, 6) is 0.424. The highest BCUT2D eigenvalue weighted by molar-refractivity contribution is 5.94. The van der Waals surface area contributed by atoms with E-state index in [1.54, 1.807) is 31.4 Å². The minimum absolute atomic E-state index is 0.109. The number of ether oxygens (including phenoxy) is 1. The number of amides is 1. The van der Waals surface area contributed by atoms with Crippen LogP contribution in [0.15, 0.2) is 41.5 Å². The van der Waals surface area contributed by atoms with E-state index < -0.39 is 0 Å². The fourth-order valence-electron chi connectivity index (χ4n) is 1.98. The van der Waals surface area contributed by atoms with Crippen LogP contribution >= 0.6 is 0 Å². The van der Waals surface area contributed by atoms with Gasteiger partial charge >= 0.3 is 0 Å². The molecule has 0 bridgehead atoms. The Bertz CT molecular complexity index is 710. The second kappa shape index (κ2) is 7.40. The van der Waals surface area contributed by atoms with Crippen molar-refractivity contribution in [2.24, 2.45) is 0 Å². The highest BCUT2D eigenvalue weighted by Crippen LogP contribution is 2.12. The van der Waals surface area contributed by atoms with E-state index in [1.165, 1.54) is 17.0 Å². The molecule has 0 fully saturated rings. The second-order valence-electron chi connectivity index (χ2n) is 4.75. The first kappa shape index (κ1) is 15.8. The average Bonchev–Trinajstić information content (AvgIpc) is 2.56. The molecule has 1 amide bonds. The van der Waals surface area contributed by atoms with Crippen LogP contribution < -0.4 is 15.6 Å². The van der Waals surface area contributed by atoms with Gasteiger partial charge in [-0.2, -0.15) is 0 Å². The van der Waals surface area contributed by atoms with E-state index in [4.69, 9.17) is 4.74 Å². The van der Waals surface area contributed by atoms with E-state index in [1.807, 2.05) is 6.92 Å². The minimum Gasteiger partial charge on any atom is -0.497 e. The number of aromatic nitrogens is 2. The number of methoxy groups -OCH3 is 1. The Hall–Kier alpha value is -2.63. The maximum atomic E-state index is 12.0. The Morgan fingerprint density at radius 3 is 2.86 bits per heavy atom. The average molecular weight is 301 g/mol. The molecule has 0 aliphatic rings. The van der Waals surface area contributed by atoms with Gasteiger partial charge in [-0.15, -0.1) is 0 Å². The molecule has 0 aliphatic carbocycles. The molecule has 1 N–H and O–H groups in total. The van der Waals surface area contributed by atoms with Gasteiger partial charge in [-0.25, -0.2) is 4.98 Å². The van der Waals surface area contributed by atoms with Crippen LogP contribution in [0.25, 0.3) is 0 Å². The standard InChI is InChI=1S/C16H19N3O3/c1-3-13-10-15(20)19(11-18-13)8-7-17-16(21)12-5-4-6-14(9-12)22-2/h4-6,9-11H,3,7-8H2,1-2H3,(H,17,21). The molecule has 0 radical (unpaired) electrons. The van der Waals surface area contributed by atoms with E-state index in [0.717, 1.165) is 12.1 Å². The summed E-state index contributed by atoms with van der Waals surface area (Å²) in [6.07, 6.45) is 2.24. The topological polar surface area (TPSA) is 73.2 Å². The number of rotatable bonds is 6. The first-order valence-corrected chi connectivity index (χ1v) is 7.11. The molecule has 0 spiro atoms. The second-order valence-corrected chi connectivity index (χ2v) is 4.75. The molecular weight excluding hydrogens is 282 g/mol. The summed E-state index contributed by atoms with van der Waals surface area (Å²) in [7, 11) is 1.55. The summed E-state index contributed by atoms with van der Waals surface area (Å²) in [6.45, 7) is 2.68. The van der Waals surface area contributed by atoms with E-state index >= 15 is 0 Å². The predicted molar refractivity (Wildman–Crippen MR) is 83.2 cm³/mol. The highest BCUT2D eigenvalue weighted by Gasteiger charge is 2.06. The molecule has 6 heteroatoms. The molecule has 0 saturated heterocycles. The third-order valence-corrected chi connectivity index (χ3v) is 3.27. The summed E-state index contributed by atoms with van der Waals surface area (Å²) in [5, 5.41) is 2.77. The normalized spacial score (nSPS) is 10.3. The third-order valence-electron chi connectivity index (χ3n) is 3.27. The molecule has 22 heavy (non-hydrogen) atoms. The zero-order chi connectivity index (χ0) is 15.9. The molecule has 1 heterocycles. The quantitative estimate of drug-likeness (QED) is 0.871. The lowest BCUT2D eigenvalue weighted by molar-refractivity contribution is 0.0952. The first-order valence-electron chi connectivity index (χ1n) is 7.11. The lowest BCUT2D eigenvalue weighted by Gasteiger charge is -2.08. The van der Waals surface area contributed by atoms with Crippen LogP contribution in [-0.4, -0.2) is 29.1 Å². The Morgan fingerprint density at radius 1 is 1.36 bits per heavy atom. The van der Waals surface area contributed by atoms with Crippen molar-refractivity contribution in [3.05, 3.63) is 58.3 Å². The summed E-state index contributed by atoms with van der Waals surface area (Å²) in [5.41, 5.74) is 1.18. The van der Waals surface area contributed by atoms with Gasteiger partial charge in [0.1, 0.15) is 5.75 Å². The fraction of sp³-hybridized carbons (Fsp3) is 0.312. The Labute approximate surface area is 128 Å². The maximum Gasteiger partial charge on any atom is 0.253 e. The Kier molecular flexibility index (Phi) is 5.30. The zero-order valence-electron chi connectivity index (χ0n) is 12.7. The van der Waals surface area contributed by atoms with Crippen LogP contribution in [-0.2, 0) is 13.0 Å². The lowest BCUT2D eigenvalue weighted by Crippen LogP contribution is -2.31. The summed E-state index contributed by atoms with van der Waals surface area (Å²) in [4.78, 5) is 28.0. The third kappa shape index (κ3) is 3.94. The summed E-state index contributed by atoms with van der Waals surface area (Å²) in [6, 6.07) is 8.42. The van der Waals surface area contributed by atoms with Crippen LogP contribution in [0, 0.1) is 0 Å². The molecule has 0 atom stereocenters. The number of benzene rings is 1. The molecule has 0 aliphatic heterocycles. The number of aryl methyl sites for hydroxylation is 1. The number of carbonyl (C=O) groups is 1. The molecule has 2 aromatic rings. The first-order chi connectivity index (χ1) is 10.6. The van der Waals surface area contributed by atoms with Crippen molar-refractivity contribution in [3.63, 3.8) is 0 Å².